The Morgan fingerprint density at radius 2 is 1.91 bits per heavy atom. The van der Waals surface area contributed by atoms with Gasteiger partial charge in [0, 0.05) is 38.1 Å². The van der Waals surface area contributed by atoms with Gasteiger partial charge < -0.3 is 10.1 Å². The van der Waals surface area contributed by atoms with Gasteiger partial charge in [-0.1, -0.05) is 35.9 Å². The molecule has 0 aliphatic rings. The number of fused-ring (bicyclic) bond motifs is 3. The average Bonchev–Trinajstić information content (AvgIpc) is 3.23. The Bertz CT molecular complexity index is 1300. The van der Waals surface area contributed by atoms with Crippen molar-refractivity contribution < 1.29 is 9.53 Å². The molecule has 4 rings (SSSR count). The monoisotopic (exact) mass is 453 g/mol. The van der Waals surface area contributed by atoms with Crippen molar-refractivity contribution in [2.75, 3.05) is 20.3 Å². The zero-order valence-electron chi connectivity index (χ0n) is 17.8. The van der Waals surface area contributed by atoms with Gasteiger partial charge in [-0.25, -0.2) is 0 Å². The summed E-state index contributed by atoms with van der Waals surface area (Å²) >= 11 is 6.00. The van der Waals surface area contributed by atoms with Crippen LogP contribution in [0.15, 0.2) is 53.3 Å². The molecule has 166 valence electrons. The first kappa shape index (κ1) is 22.0. The van der Waals surface area contributed by atoms with Crippen LogP contribution in [0.4, 0.5) is 0 Å². The first-order valence-electron chi connectivity index (χ1n) is 10.4. The molecule has 2 heterocycles. The van der Waals surface area contributed by atoms with Crippen molar-refractivity contribution in [2.45, 2.75) is 25.8 Å². The summed E-state index contributed by atoms with van der Waals surface area (Å²) in [4.78, 5) is 25.5. The van der Waals surface area contributed by atoms with E-state index in [1.165, 1.54) is 0 Å². The number of aryl methyl sites for hydroxylation is 1. The minimum atomic E-state index is -0.141. The van der Waals surface area contributed by atoms with Gasteiger partial charge in [0.15, 0.2) is 0 Å². The zero-order chi connectivity index (χ0) is 22.5. The minimum Gasteiger partial charge on any atom is -0.385 e. The first-order chi connectivity index (χ1) is 15.6. The van der Waals surface area contributed by atoms with Gasteiger partial charge in [-0.15, -0.1) is 10.2 Å². The van der Waals surface area contributed by atoms with Crippen LogP contribution in [0.3, 0.4) is 0 Å². The maximum Gasteiger partial charge on any atom is 0.263 e. The van der Waals surface area contributed by atoms with E-state index in [-0.39, 0.29) is 17.9 Å². The van der Waals surface area contributed by atoms with E-state index in [2.05, 4.69) is 15.5 Å². The molecule has 0 spiro atoms. The number of methoxy groups -OCH3 is 1. The van der Waals surface area contributed by atoms with Gasteiger partial charge in [-0.05, 0) is 36.2 Å². The molecule has 0 aliphatic carbocycles. The Labute approximate surface area is 189 Å². The lowest BCUT2D eigenvalue weighted by molar-refractivity contribution is -0.121. The van der Waals surface area contributed by atoms with Crippen LogP contribution in [0, 0.1) is 0 Å². The van der Waals surface area contributed by atoms with E-state index in [0.717, 1.165) is 17.5 Å². The number of para-hydroxylation sites is 1. The third-order valence-electron chi connectivity index (χ3n) is 5.25. The Morgan fingerprint density at radius 1 is 1.12 bits per heavy atom. The Balaban J connectivity index is 1.67. The summed E-state index contributed by atoms with van der Waals surface area (Å²) in [6, 6.07) is 14.7. The highest BCUT2D eigenvalue weighted by molar-refractivity contribution is 6.30. The Kier molecular flexibility index (Phi) is 6.82. The molecule has 0 saturated carbocycles. The summed E-state index contributed by atoms with van der Waals surface area (Å²) in [5, 5.41) is 12.7. The molecule has 0 saturated heterocycles. The van der Waals surface area contributed by atoms with E-state index >= 15 is 0 Å². The topological polar surface area (TPSA) is 90.5 Å². The molecular weight excluding hydrogens is 430 g/mol. The second kappa shape index (κ2) is 9.93. The number of hydrogen-bond acceptors (Lipinski definition) is 5. The van der Waals surface area contributed by atoms with Gasteiger partial charge >= 0.3 is 0 Å². The highest BCUT2D eigenvalue weighted by Crippen LogP contribution is 2.17. The molecule has 0 aliphatic heterocycles. The van der Waals surface area contributed by atoms with Crippen LogP contribution in [0.25, 0.3) is 16.7 Å². The van der Waals surface area contributed by atoms with Crippen molar-refractivity contribution in [1.29, 1.82) is 0 Å². The molecule has 2 aromatic heterocycles. The van der Waals surface area contributed by atoms with Crippen molar-refractivity contribution >= 4 is 34.2 Å². The molecule has 1 amide bonds. The zero-order valence-corrected chi connectivity index (χ0v) is 18.5. The van der Waals surface area contributed by atoms with Crippen LogP contribution in [0.5, 0.6) is 0 Å². The fourth-order valence-electron chi connectivity index (χ4n) is 3.65. The number of aromatic nitrogens is 4. The van der Waals surface area contributed by atoms with Gasteiger partial charge in [-0.3, -0.25) is 18.6 Å². The summed E-state index contributed by atoms with van der Waals surface area (Å²) in [6.45, 7) is 1.51. The van der Waals surface area contributed by atoms with Gasteiger partial charge in [0.05, 0.1) is 17.4 Å². The minimum absolute atomic E-state index is 0.0587. The smallest absolute Gasteiger partial charge is 0.263 e. The van der Waals surface area contributed by atoms with Crippen LogP contribution in [-0.2, 0) is 22.5 Å². The van der Waals surface area contributed by atoms with E-state index in [9.17, 15) is 9.59 Å². The molecule has 0 unspecified atom stereocenters. The molecule has 1 N–H and O–H groups in total. The summed E-state index contributed by atoms with van der Waals surface area (Å²) in [5.74, 6) is 1.02. The van der Waals surface area contributed by atoms with E-state index in [1.807, 2.05) is 34.7 Å². The SMILES string of the molecule is COCCCNC(=O)CCc1nnc2n(Cc3ccc(Cl)cc3)c(=O)c3ccccc3n12. The van der Waals surface area contributed by atoms with E-state index in [1.54, 1.807) is 29.9 Å². The van der Waals surface area contributed by atoms with Crippen molar-refractivity contribution in [3.63, 3.8) is 0 Å². The van der Waals surface area contributed by atoms with E-state index in [0.29, 0.717) is 48.1 Å². The number of rotatable bonds is 9. The summed E-state index contributed by atoms with van der Waals surface area (Å²) < 4.78 is 8.46. The number of nitrogens with one attached hydrogen (secondary N) is 1. The molecule has 0 bridgehead atoms. The Hall–Kier alpha value is -3.23. The number of carbonyl (C=O) groups excluding carboxylic acids is 1. The lowest BCUT2D eigenvalue weighted by Gasteiger charge is -2.12. The maximum absolute atomic E-state index is 13.2. The summed E-state index contributed by atoms with van der Waals surface area (Å²) in [5.41, 5.74) is 1.51. The van der Waals surface area contributed by atoms with Gasteiger partial charge in [-0.2, -0.15) is 0 Å². The van der Waals surface area contributed by atoms with Crippen molar-refractivity contribution in [3.05, 3.63) is 75.3 Å². The quantitative estimate of drug-likeness (QED) is 0.393. The molecule has 0 fully saturated rings. The third kappa shape index (κ3) is 4.66. The van der Waals surface area contributed by atoms with E-state index in [4.69, 9.17) is 16.3 Å². The summed E-state index contributed by atoms with van der Waals surface area (Å²) in [7, 11) is 1.63. The molecule has 4 aromatic rings. The normalized spacial score (nSPS) is 11.3. The maximum atomic E-state index is 13.2. The predicted octanol–water partition coefficient (Wildman–Crippen LogP) is 2.83. The van der Waals surface area contributed by atoms with Crippen LogP contribution in [0.2, 0.25) is 5.02 Å². The predicted molar refractivity (Wildman–Crippen MR) is 123 cm³/mol. The van der Waals surface area contributed by atoms with Crippen LogP contribution in [0.1, 0.15) is 24.2 Å². The van der Waals surface area contributed by atoms with Gasteiger partial charge in [0.2, 0.25) is 11.7 Å². The van der Waals surface area contributed by atoms with Gasteiger partial charge in [0.1, 0.15) is 5.82 Å². The molecular formula is C23H24ClN5O3. The van der Waals surface area contributed by atoms with Crippen molar-refractivity contribution in [3.8, 4) is 0 Å². The lowest BCUT2D eigenvalue weighted by atomic mass is 10.2. The third-order valence-corrected chi connectivity index (χ3v) is 5.50. The highest BCUT2D eigenvalue weighted by Gasteiger charge is 2.17. The number of ether oxygens (including phenoxy) is 1. The lowest BCUT2D eigenvalue weighted by Crippen LogP contribution is -2.26. The molecule has 8 nitrogen and oxygen atoms in total. The van der Waals surface area contributed by atoms with Crippen LogP contribution in [-0.4, -0.2) is 45.3 Å². The number of amides is 1. The van der Waals surface area contributed by atoms with Crippen molar-refractivity contribution in [1.82, 2.24) is 24.5 Å². The van der Waals surface area contributed by atoms with Crippen LogP contribution >= 0.6 is 11.6 Å². The van der Waals surface area contributed by atoms with E-state index < -0.39 is 0 Å². The standard InChI is InChI=1S/C23H24ClN5O3/c1-32-14-4-13-25-21(30)12-11-20-26-27-23-28(15-16-7-9-17(24)10-8-16)22(31)18-5-2-3-6-19(18)29(20)23/h2-3,5-10H,4,11-15H2,1H3,(H,25,30). The largest absolute Gasteiger partial charge is 0.385 e. The first-order valence-corrected chi connectivity index (χ1v) is 10.8. The second-order valence-electron chi connectivity index (χ2n) is 7.48. The summed E-state index contributed by atoms with van der Waals surface area (Å²) in [6.07, 6.45) is 1.44. The molecule has 0 atom stereocenters. The van der Waals surface area contributed by atoms with Gasteiger partial charge in [0.25, 0.3) is 5.56 Å². The van der Waals surface area contributed by atoms with Crippen molar-refractivity contribution in [2.24, 2.45) is 0 Å². The molecule has 0 radical (unpaired) electrons. The number of halogens is 1. The fourth-order valence-corrected chi connectivity index (χ4v) is 3.78. The second-order valence-corrected chi connectivity index (χ2v) is 7.92. The van der Waals surface area contributed by atoms with Crippen LogP contribution < -0.4 is 10.9 Å². The average molecular weight is 454 g/mol. The Morgan fingerprint density at radius 3 is 2.69 bits per heavy atom. The number of carbonyl (C=O) groups is 1. The number of nitrogens with zero attached hydrogens (tertiary/aromatic N) is 4. The number of benzene rings is 2. The molecule has 2 aromatic carbocycles. The molecule has 9 heteroatoms. The fraction of sp³-hybridized carbons (Fsp3) is 0.304. The number of hydrogen-bond donors (Lipinski definition) is 1. The molecule has 32 heavy (non-hydrogen) atoms. The highest BCUT2D eigenvalue weighted by atomic mass is 35.5.